The summed E-state index contributed by atoms with van der Waals surface area (Å²) in [6.07, 6.45) is 1.89. The summed E-state index contributed by atoms with van der Waals surface area (Å²) in [7, 11) is 0. The van der Waals surface area contributed by atoms with E-state index in [9.17, 15) is 5.11 Å². The summed E-state index contributed by atoms with van der Waals surface area (Å²) < 4.78 is 0. The summed E-state index contributed by atoms with van der Waals surface area (Å²) in [5.74, 6) is 0. The van der Waals surface area contributed by atoms with Crippen molar-refractivity contribution >= 4 is 0 Å². The minimum atomic E-state index is -0.383. The van der Waals surface area contributed by atoms with Gasteiger partial charge in [0.1, 0.15) is 0 Å². The highest BCUT2D eigenvalue weighted by molar-refractivity contribution is 5.17. The lowest BCUT2D eigenvalue weighted by Gasteiger charge is -2.40. The van der Waals surface area contributed by atoms with Gasteiger partial charge in [-0.1, -0.05) is 44.2 Å². The minimum Gasteiger partial charge on any atom is -0.387 e. The van der Waals surface area contributed by atoms with Gasteiger partial charge in [-0.3, -0.25) is 4.90 Å². The molecule has 1 saturated heterocycles. The maximum atomic E-state index is 10.4. The second-order valence-corrected chi connectivity index (χ2v) is 5.46. The van der Waals surface area contributed by atoms with Gasteiger partial charge in [0.2, 0.25) is 0 Å². The second-order valence-electron chi connectivity index (χ2n) is 5.46. The number of nitrogens with zero attached hydrogens (tertiary/aromatic N) is 1. The predicted molar refractivity (Wildman–Crippen MR) is 79.1 cm³/mol. The van der Waals surface area contributed by atoms with Crippen molar-refractivity contribution in [3.05, 3.63) is 35.9 Å². The van der Waals surface area contributed by atoms with Gasteiger partial charge in [0.05, 0.1) is 6.10 Å². The van der Waals surface area contributed by atoms with E-state index in [-0.39, 0.29) is 6.10 Å². The molecule has 1 aliphatic heterocycles. The van der Waals surface area contributed by atoms with Crippen LogP contribution in [0, 0.1) is 0 Å². The van der Waals surface area contributed by atoms with Gasteiger partial charge in [-0.05, 0) is 18.4 Å². The molecule has 0 saturated carbocycles. The Balaban J connectivity index is 1.98. The summed E-state index contributed by atoms with van der Waals surface area (Å²) >= 11 is 0. The van der Waals surface area contributed by atoms with Gasteiger partial charge in [0, 0.05) is 31.7 Å². The van der Waals surface area contributed by atoms with Crippen LogP contribution in [0.4, 0.5) is 0 Å². The van der Waals surface area contributed by atoms with Crippen LogP contribution in [0.5, 0.6) is 0 Å². The first-order chi connectivity index (χ1) is 9.24. The molecule has 0 aliphatic carbocycles. The van der Waals surface area contributed by atoms with Gasteiger partial charge < -0.3 is 10.4 Å². The van der Waals surface area contributed by atoms with E-state index in [1.807, 2.05) is 30.3 Å². The lowest BCUT2D eigenvalue weighted by molar-refractivity contribution is 0.0574. The molecule has 3 heteroatoms. The highest BCUT2D eigenvalue weighted by atomic mass is 16.3. The van der Waals surface area contributed by atoms with Gasteiger partial charge in [-0.15, -0.1) is 0 Å². The third kappa shape index (κ3) is 3.78. The highest BCUT2D eigenvalue weighted by Crippen LogP contribution is 2.19. The minimum absolute atomic E-state index is 0.383. The third-order valence-electron chi connectivity index (χ3n) is 4.17. The molecule has 3 unspecified atom stereocenters. The maximum absolute atomic E-state index is 10.4. The quantitative estimate of drug-likeness (QED) is 0.854. The van der Waals surface area contributed by atoms with Crippen molar-refractivity contribution in [3.63, 3.8) is 0 Å². The zero-order chi connectivity index (χ0) is 13.7. The zero-order valence-corrected chi connectivity index (χ0v) is 12.0. The lowest BCUT2D eigenvalue weighted by atomic mass is 10.0. The molecule has 1 fully saturated rings. The topological polar surface area (TPSA) is 35.5 Å². The number of nitrogens with one attached hydrogen (secondary N) is 1. The molecule has 0 spiro atoms. The molecule has 1 heterocycles. The fourth-order valence-electron chi connectivity index (χ4n) is 2.83. The van der Waals surface area contributed by atoms with Crippen LogP contribution in [0.1, 0.15) is 38.4 Å². The van der Waals surface area contributed by atoms with E-state index in [1.54, 1.807) is 0 Å². The van der Waals surface area contributed by atoms with Gasteiger partial charge in [0.25, 0.3) is 0 Å². The monoisotopic (exact) mass is 262 g/mol. The van der Waals surface area contributed by atoms with Gasteiger partial charge >= 0.3 is 0 Å². The maximum Gasteiger partial charge on any atom is 0.0917 e. The van der Waals surface area contributed by atoms with Gasteiger partial charge in [-0.25, -0.2) is 0 Å². The van der Waals surface area contributed by atoms with Crippen LogP contribution in [-0.2, 0) is 0 Å². The largest absolute Gasteiger partial charge is 0.387 e. The predicted octanol–water partition coefficient (Wildman–Crippen LogP) is 2.18. The zero-order valence-electron chi connectivity index (χ0n) is 12.0. The molecule has 2 rings (SSSR count). The van der Waals surface area contributed by atoms with Crippen molar-refractivity contribution in [1.29, 1.82) is 0 Å². The molecule has 1 aromatic rings. The number of β-amino-alcohol motifs (C(OH)–C–C–N with tert-alkyl or cyclic N) is 1. The van der Waals surface area contributed by atoms with Crippen LogP contribution >= 0.6 is 0 Å². The van der Waals surface area contributed by atoms with Crippen molar-refractivity contribution in [2.45, 2.75) is 44.9 Å². The molecule has 1 aliphatic rings. The number of aliphatic hydroxyl groups excluding tert-OH is 1. The molecular formula is C16H26N2O. The number of rotatable bonds is 5. The Morgan fingerprint density at radius 1 is 1.26 bits per heavy atom. The Kier molecular flexibility index (Phi) is 5.37. The van der Waals surface area contributed by atoms with Crippen LogP contribution in [0.15, 0.2) is 30.3 Å². The SMILES string of the molecule is CCC1CN(CC(O)c2ccccc2)C(CC)CN1. The standard InChI is InChI=1S/C16H26N2O/c1-3-14-11-18(15(4-2)10-17-14)12-16(19)13-8-6-5-7-9-13/h5-9,14-17,19H,3-4,10-12H2,1-2H3. The average molecular weight is 262 g/mol. The number of hydrogen-bond acceptors (Lipinski definition) is 3. The van der Waals surface area contributed by atoms with Crippen molar-refractivity contribution in [2.24, 2.45) is 0 Å². The molecule has 3 atom stereocenters. The third-order valence-corrected chi connectivity index (χ3v) is 4.17. The van der Waals surface area contributed by atoms with Crippen molar-refractivity contribution in [3.8, 4) is 0 Å². The Morgan fingerprint density at radius 3 is 2.63 bits per heavy atom. The highest BCUT2D eigenvalue weighted by Gasteiger charge is 2.27. The average Bonchev–Trinajstić information content (AvgIpc) is 2.48. The number of hydrogen-bond donors (Lipinski definition) is 2. The van der Waals surface area contributed by atoms with Crippen LogP contribution in [0.2, 0.25) is 0 Å². The Morgan fingerprint density at radius 2 is 2.00 bits per heavy atom. The van der Waals surface area contributed by atoms with E-state index in [0.717, 1.165) is 38.0 Å². The number of aliphatic hydroxyl groups is 1. The second kappa shape index (κ2) is 7.04. The molecule has 19 heavy (non-hydrogen) atoms. The van der Waals surface area contributed by atoms with E-state index >= 15 is 0 Å². The van der Waals surface area contributed by atoms with Crippen molar-refractivity contribution < 1.29 is 5.11 Å². The molecule has 0 radical (unpaired) electrons. The first-order valence-corrected chi connectivity index (χ1v) is 7.45. The van der Waals surface area contributed by atoms with Crippen LogP contribution in [-0.4, -0.2) is 41.7 Å². The summed E-state index contributed by atoms with van der Waals surface area (Å²) in [6, 6.07) is 11.1. The molecule has 1 aromatic carbocycles. The van der Waals surface area contributed by atoms with E-state index in [4.69, 9.17) is 0 Å². The van der Waals surface area contributed by atoms with Crippen molar-refractivity contribution in [2.75, 3.05) is 19.6 Å². The van der Waals surface area contributed by atoms with Crippen LogP contribution in [0.25, 0.3) is 0 Å². The summed E-state index contributed by atoms with van der Waals surface area (Å²) in [6.45, 7) is 7.26. The smallest absolute Gasteiger partial charge is 0.0917 e. The van der Waals surface area contributed by atoms with Crippen LogP contribution < -0.4 is 5.32 Å². The molecular weight excluding hydrogens is 236 g/mol. The molecule has 106 valence electrons. The summed E-state index contributed by atoms with van der Waals surface area (Å²) in [5, 5.41) is 14.0. The fraction of sp³-hybridized carbons (Fsp3) is 0.625. The number of benzene rings is 1. The molecule has 2 N–H and O–H groups in total. The van der Waals surface area contributed by atoms with E-state index in [2.05, 4.69) is 24.1 Å². The normalized spacial score (nSPS) is 26.3. The lowest BCUT2D eigenvalue weighted by Crippen LogP contribution is -2.56. The molecule has 0 amide bonds. The molecule has 0 bridgehead atoms. The molecule has 0 aromatic heterocycles. The first-order valence-electron chi connectivity index (χ1n) is 7.45. The molecule has 3 nitrogen and oxygen atoms in total. The fourth-order valence-corrected chi connectivity index (χ4v) is 2.83. The van der Waals surface area contributed by atoms with Crippen LogP contribution in [0.3, 0.4) is 0 Å². The summed E-state index contributed by atoms with van der Waals surface area (Å²) in [5.41, 5.74) is 1.02. The Bertz CT molecular complexity index is 368. The van der Waals surface area contributed by atoms with E-state index in [1.165, 1.54) is 0 Å². The van der Waals surface area contributed by atoms with E-state index in [0.29, 0.717) is 12.1 Å². The Labute approximate surface area is 116 Å². The van der Waals surface area contributed by atoms with Crippen molar-refractivity contribution in [1.82, 2.24) is 10.2 Å². The first kappa shape index (κ1) is 14.5. The van der Waals surface area contributed by atoms with Gasteiger partial charge in [-0.2, -0.15) is 0 Å². The summed E-state index contributed by atoms with van der Waals surface area (Å²) in [4.78, 5) is 2.45. The number of piperazine rings is 1. The van der Waals surface area contributed by atoms with Gasteiger partial charge in [0.15, 0.2) is 0 Å². The van der Waals surface area contributed by atoms with E-state index < -0.39 is 0 Å². The Hall–Kier alpha value is -0.900.